The third-order valence-electron chi connectivity index (χ3n) is 3.10. The number of nitrogens with one attached hydrogen (secondary N) is 1. The molecular weight excluding hydrogens is 302 g/mol. The van der Waals surface area contributed by atoms with Gasteiger partial charge < -0.3 is 14.8 Å². The van der Waals surface area contributed by atoms with Gasteiger partial charge in [-0.05, 0) is 48.9 Å². The van der Waals surface area contributed by atoms with Gasteiger partial charge in [-0.15, -0.1) is 0 Å². The predicted molar refractivity (Wildman–Crippen MR) is 86.8 cm³/mol. The summed E-state index contributed by atoms with van der Waals surface area (Å²) < 4.78 is 10.4. The van der Waals surface area contributed by atoms with Crippen molar-refractivity contribution >= 4 is 17.5 Å². The third-order valence-corrected chi connectivity index (χ3v) is 3.40. The molecule has 22 heavy (non-hydrogen) atoms. The van der Waals surface area contributed by atoms with Crippen molar-refractivity contribution in [3.63, 3.8) is 0 Å². The lowest BCUT2D eigenvalue weighted by atomic mass is 10.2. The molecule has 2 aromatic rings. The Labute approximate surface area is 135 Å². The van der Waals surface area contributed by atoms with Crippen molar-refractivity contribution in [3.05, 3.63) is 58.6 Å². The maximum Gasteiger partial charge on any atom is 0.251 e. The number of ether oxygens (including phenoxy) is 2. The van der Waals surface area contributed by atoms with E-state index >= 15 is 0 Å². The predicted octanol–water partition coefficient (Wildman–Crippen LogP) is 3.68. The van der Waals surface area contributed by atoms with Crippen LogP contribution in [-0.2, 0) is 6.54 Å². The van der Waals surface area contributed by atoms with Crippen molar-refractivity contribution in [3.8, 4) is 11.5 Å². The average molecular weight is 320 g/mol. The summed E-state index contributed by atoms with van der Waals surface area (Å²) in [5.74, 6) is 1.22. The smallest absolute Gasteiger partial charge is 0.251 e. The van der Waals surface area contributed by atoms with Crippen LogP contribution in [0.1, 0.15) is 22.8 Å². The Hall–Kier alpha value is -2.20. The molecule has 2 aromatic carbocycles. The first-order chi connectivity index (χ1) is 10.6. The van der Waals surface area contributed by atoms with Crippen LogP contribution >= 0.6 is 11.6 Å². The van der Waals surface area contributed by atoms with Crippen molar-refractivity contribution in [2.24, 2.45) is 0 Å². The zero-order valence-corrected chi connectivity index (χ0v) is 13.3. The first-order valence-electron chi connectivity index (χ1n) is 6.97. The van der Waals surface area contributed by atoms with Crippen molar-refractivity contribution in [2.75, 3.05) is 13.7 Å². The molecule has 0 bridgehead atoms. The minimum absolute atomic E-state index is 0.146. The lowest BCUT2D eigenvalue weighted by Crippen LogP contribution is -2.22. The molecule has 0 atom stereocenters. The minimum atomic E-state index is -0.146. The summed E-state index contributed by atoms with van der Waals surface area (Å²) in [6.07, 6.45) is 0. The number of rotatable bonds is 6. The highest BCUT2D eigenvalue weighted by molar-refractivity contribution is 6.32. The second-order valence-electron chi connectivity index (χ2n) is 4.61. The van der Waals surface area contributed by atoms with Crippen LogP contribution in [0.25, 0.3) is 0 Å². The molecule has 116 valence electrons. The van der Waals surface area contributed by atoms with Crippen molar-refractivity contribution < 1.29 is 14.3 Å². The summed E-state index contributed by atoms with van der Waals surface area (Å²) in [5.41, 5.74) is 1.49. The van der Waals surface area contributed by atoms with E-state index in [9.17, 15) is 4.79 Å². The molecule has 4 nitrogen and oxygen atoms in total. The van der Waals surface area contributed by atoms with Crippen LogP contribution < -0.4 is 14.8 Å². The average Bonchev–Trinajstić information content (AvgIpc) is 2.55. The molecule has 0 saturated heterocycles. The number of hydrogen-bond donors (Lipinski definition) is 1. The van der Waals surface area contributed by atoms with Crippen molar-refractivity contribution in [1.82, 2.24) is 5.32 Å². The summed E-state index contributed by atoms with van der Waals surface area (Å²) in [5, 5.41) is 3.39. The SMILES string of the molecule is CCOc1ccc(CNC(=O)c2ccc(OC)cc2)cc1Cl. The second-order valence-corrected chi connectivity index (χ2v) is 5.02. The fourth-order valence-corrected chi connectivity index (χ4v) is 2.21. The zero-order chi connectivity index (χ0) is 15.9. The van der Waals surface area contributed by atoms with Gasteiger partial charge in [-0.3, -0.25) is 4.79 Å². The topological polar surface area (TPSA) is 47.6 Å². The quantitative estimate of drug-likeness (QED) is 0.883. The van der Waals surface area contributed by atoms with Gasteiger partial charge in [-0.1, -0.05) is 17.7 Å². The van der Waals surface area contributed by atoms with Gasteiger partial charge in [0, 0.05) is 12.1 Å². The fourth-order valence-electron chi connectivity index (χ4n) is 1.95. The van der Waals surface area contributed by atoms with E-state index in [0.717, 1.165) is 11.3 Å². The number of carbonyl (C=O) groups is 1. The van der Waals surface area contributed by atoms with Gasteiger partial charge in [-0.2, -0.15) is 0 Å². The van der Waals surface area contributed by atoms with Crippen LogP contribution in [0.3, 0.4) is 0 Å². The maximum atomic E-state index is 12.1. The van der Waals surface area contributed by atoms with Gasteiger partial charge >= 0.3 is 0 Å². The Morgan fingerprint density at radius 3 is 2.50 bits per heavy atom. The molecule has 0 aromatic heterocycles. The van der Waals surface area contributed by atoms with E-state index in [4.69, 9.17) is 21.1 Å². The number of methoxy groups -OCH3 is 1. The zero-order valence-electron chi connectivity index (χ0n) is 12.6. The first kappa shape index (κ1) is 16.2. The molecule has 0 spiro atoms. The summed E-state index contributed by atoms with van der Waals surface area (Å²) in [6.45, 7) is 2.86. The number of benzene rings is 2. The van der Waals surface area contributed by atoms with Crippen molar-refractivity contribution in [1.29, 1.82) is 0 Å². The first-order valence-corrected chi connectivity index (χ1v) is 7.35. The Balaban J connectivity index is 1.96. The summed E-state index contributed by atoms with van der Waals surface area (Å²) in [6, 6.07) is 12.4. The van der Waals surface area contributed by atoms with Gasteiger partial charge in [0.05, 0.1) is 18.7 Å². The number of carbonyl (C=O) groups excluding carboxylic acids is 1. The summed E-state index contributed by atoms with van der Waals surface area (Å²) in [4.78, 5) is 12.1. The third kappa shape index (κ3) is 4.15. The number of hydrogen-bond acceptors (Lipinski definition) is 3. The van der Waals surface area contributed by atoms with Crippen LogP contribution in [0.2, 0.25) is 5.02 Å². The molecule has 0 aliphatic carbocycles. The van der Waals surface area contributed by atoms with E-state index in [0.29, 0.717) is 29.5 Å². The fraction of sp³-hybridized carbons (Fsp3) is 0.235. The molecule has 0 fully saturated rings. The van der Waals surface area contributed by atoms with Crippen LogP contribution in [0.5, 0.6) is 11.5 Å². The van der Waals surface area contributed by atoms with E-state index < -0.39 is 0 Å². The molecule has 0 saturated carbocycles. The molecule has 1 N–H and O–H groups in total. The Bertz CT molecular complexity index is 641. The molecule has 2 rings (SSSR count). The van der Waals surface area contributed by atoms with E-state index in [2.05, 4.69) is 5.32 Å². The molecule has 0 aliphatic heterocycles. The maximum absolute atomic E-state index is 12.1. The Kier molecular flexibility index (Phi) is 5.67. The highest BCUT2D eigenvalue weighted by Gasteiger charge is 2.07. The number of amides is 1. The normalized spacial score (nSPS) is 10.1. The number of halogens is 1. The molecule has 0 aliphatic rings. The van der Waals surface area contributed by atoms with Gasteiger partial charge in [0.15, 0.2) is 0 Å². The van der Waals surface area contributed by atoms with E-state index in [1.807, 2.05) is 13.0 Å². The van der Waals surface area contributed by atoms with E-state index in [1.54, 1.807) is 43.5 Å². The molecule has 0 radical (unpaired) electrons. The monoisotopic (exact) mass is 319 g/mol. The van der Waals surface area contributed by atoms with Crippen LogP contribution in [0.15, 0.2) is 42.5 Å². The van der Waals surface area contributed by atoms with E-state index in [-0.39, 0.29) is 5.91 Å². The summed E-state index contributed by atoms with van der Waals surface area (Å²) >= 11 is 6.12. The standard InChI is InChI=1S/C17H18ClNO3/c1-3-22-16-9-4-12(10-15(16)18)11-19-17(20)13-5-7-14(21-2)8-6-13/h4-10H,3,11H2,1-2H3,(H,19,20). The summed E-state index contributed by atoms with van der Waals surface area (Å²) in [7, 11) is 1.59. The largest absolute Gasteiger partial charge is 0.497 e. The van der Waals surface area contributed by atoms with Gasteiger partial charge in [0.1, 0.15) is 11.5 Å². The second kappa shape index (κ2) is 7.71. The molecule has 0 heterocycles. The van der Waals surface area contributed by atoms with Crippen LogP contribution in [0.4, 0.5) is 0 Å². The molecule has 0 unspecified atom stereocenters. The highest BCUT2D eigenvalue weighted by Crippen LogP contribution is 2.25. The Morgan fingerprint density at radius 2 is 1.91 bits per heavy atom. The highest BCUT2D eigenvalue weighted by atomic mass is 35.5. The molecule has 5 heteroatoms. The molecular formula is C17H18ClNO3. The lowest BCUT2D eigenvalue weighted by Gasteiger charge is -2.09. The van der Waals surface area contributed by atoms with Crippen LogP contribution in [0, 0.1) is 0 Å². The Morgan fingerprint density at radius 1 is 1.18 bits per heavy atom. The minimum Gasteiger partial charge on any atom is -0.497 e. The van der Waals surface area contributed by atoms with Gasteiger partial charge in [0.2, 0.25) is 0 Å². The van der Waals surface area contributed by atoms with E-state index in [1.165, 1.54) is 0 Å². The van der Waals surface area contributed by atoms with Gasteiger partial charge in [-0.25, -0.2) is 0 Å². The van der Waals surface area contributed by atoms with Crippen molar-refractivity contribution in [2.45, 2.75) is 13.5 Å². The lowest BCUT2D eigenvalue weighted by molar-refractivity contribution is 0.0951. The van der Waals surface area contributed by atoms with Gasteiger partial charge in [0.25, 0.3) is 5.91 Å². The molecule has 1 amide bonds. The van der Waals surface area contributed by atoms with Crippen LogP contribution in [-0.4, -0.2) is 19.6 Å².